The molecule has 3 heteroatoms. The average Bonchev–Trinajstić information content (AvgIpc) is 2.41. The summed E-state index contributed by atoms with van der Waals surface area (Å²) < 4.78 is 5.79. The molecule has 0 saturated heterocycles. The Bertz CT molecular complexity index is 573. The Hall–Kier alpha value is -2.47. The van der Waals surface area contributed by atoms with Crippen molar-refractivity contribution >= 4 is 5.69 Å². The summed E-state index contributed by atoms with van der Waals surface area (Å²) in [6.45, 7) is 1.83. The van der Waals surface area contributed by atoms with Crippen molar-refractivity contribution in [3.05, 3.63) is 54.1 Å². The quantitative estimate of drug-likeness (QED) is 0.829. The zero-order valence-corrected chi connectivity index (χ0v) is 10.1. The van der Waals surface area contributed by atoms with Gasteiger partial charge in [-0.05, 0) is 25.1 Å². The second kappa shape index (κ2) is 5.24. The Morgan fingerprint density at radius 2 is 1.83 bits per heavy atom. The summed E-state index contributed by atoms with van der Waals surface area (Å²) in [7, 11) is 0. The van der Waals surface area contributed by atoms with Crippen LogP contribution in [-0.4, -0.2) is 0 Å². The van der Waals surface area contributed by atoms with E-state index in [0.717, 1.165) is 5.56 Å². The minimum atomic E-state index is -0.257. The van der Waals surface area contributed by atoms with E-state index in [0.29, 0.717) is 17.2 Å². The van der Waals surface area contributed by atoms with Crippen LogP contribution in [0.3, 0.4) is 0 Å². The van der Waals surface area contributed by atoms with Gasteiger partial charge in [0, 0.05) is 5.56 Å². The lowest BCUT2D eigenvalue weighted by molar-refractivity contribution is 0.477. The number of anilines is 1. The molecule has 0 aromatic heterocycles. The van der Waals surface area contributed by atoms with E-state index in [2.05, 4.69) is 6.07 Å². The predicted molar refractivity (Wildman–Crippen MR) is 71.4 cm³/mol. The molecule has 0 spiro atoms. The number of nitrogen functional groups attached to an aromatic ring is 1. The number of nitrogens with zero attached hydrogens (tertiary/aromatic N) is 1. The third-order valence-electron chi connectivity index (χ3n) is 2.70. The number of rotatable bonds is 3. The highest BCUT2D eigenvalue weighted by molar-refractivity contribution is 5.59. The number of ether oxygens (including phenoxy) is 1. The summed E-state index contributed by atoms with van der Waals surface area (Å²) in [5, 5.41) is 9.02. The topological polar surface area (TPSA) is 59.0 Å². The molecule has 0 amide bonds. The van der Waals surface area contributed by atoms with E-state index in [1.54, 1.807) is 6.07 Å². The maximum absolute atomic E-state index is 9.02. The van der Waals surface area contributed by atoms with E-state index in [1.165, 1.54) is 0 Å². The van der Waals surface area contributed by atoms with E-state index in [4.69, 9.17) is 15.7 Å². The standard InChI is InChI=1S/C15H14N2O/c1-11(10-16)13-8-5-9-14(17)15(13)18-12-6-3-2-4-7-12/h2-9,11H,17H2,1H3. The highest BCUT2D eigenvalue weighted by atomic mass is 16.5. The molecule has 0 aliphatic carbocycles. The third-order valence-corrected chi connectivity index (χ3v) is 2.70. The number of benzene rings is 2. The molecule has 2 N–H and O–H groups in total. The fourth-order valence-corrected chi connectivity index (χ4v) is 1.71. The highest BCUT2D eigenvalue weighted by Gasteiger charge is 2.14. The van der Waals surface area contributed by atoms with Crippen molar-refractivity contribution in [2.24, 2.45) is 0 Å². The van der Waals surface area contributed by atoms with Crippen molar-refractivity contribution in [2.45, 2.75) is 12.8 Å². The SMILES string of the molecule is CC(C#N)c1cccc(N)c1Oc1ccccc1. The second-order valence-electron chi connectivity index (χ2n) is 4.03. The largest absolute Gasteiger partial charge is 0.455 e. The highest BCUT2D eigenvalue weighted by Crippen LogP contribution is 2.35. The molecule has 0 radical (unpaired) electrons. The Balaban J connectivity index is 2.41. The zero-order valence-electron chi connectivity index (χ0n) is 10.1. The molecule has 90 valence electrons. The van der Waals surface area contributed by atoms with Crippen molar-refractivity contribution in [2.75, 3.05) is 5.73 Å². The summed E-state index contributed by atoms with van der Waals surface area (Å²) in [5.74, 6) is 1.02. The first kappa shape index (κ1) is 12.0. The van der Waals surface area contributed by atoms with Crippen LogP contribution in [-0.2, 0) is 0 Å². The normalized spacial score (nSPS) is 11.6. The number of para-hydroxylation sites is 2. The summed E-state index contributed by atoms with van der Waals surface area (Å²) >= 11 is 0. The van der Waals surface area contributed by atoms with Gasteiger partial charge in [0.2, 0.25) is 0 Å². The van der Waals surface area contributed by atoms with Gasteiger partial charge in [-0.1, -0.05) is 30.3 Å². The van der Waals surface area contributed by atoms with Crippen LogP contribution >= 0.6 is 0 Å². The molecule has 1 atom stereocenters. The minimum absolute atomic E-state index is 0.257. The molecule has 2 aromatic rings. The number of hydrogen-bond donors (Lipinski definition) is 1. The Kier molecular flexibility index (Phi) is 3.49. The first-order valence-corrected chi connectivity index (χ1v) is 5.73. The van der Waals surface area contributed by atoms with Gasteiger partial charge in [-0.3, -0.25) is 0 Å². The van der Waals surface area contributed by atoms with E-state index < -0.39 is 0 Å². The Labute approximate surface area is 106 Å². The smallest absolute Gasteiger partial charge is 0.154 e. The summed E-state index contributed by atoms with van der Waals surface area (Å²) in [4.78, 5) is 0. The van der Waals surface area contributed by atoms with Crippen LogP contribution in [0, 0.1) is 11.3 Å². The first-order chi connectivity index (χ1) is 8.72. The van der Waals surface area contributed by atoms with Crippen molar-refractivity contribution in [1.82, 2.24) is 0 Å². The van der Waals surface area contributed by atoms with Crippen LogP contribution < -0.4 is 10.5 Å². The Morgan fingerprint density at radius 1 is 1.11 bits per heavy atom. The van der Waals surface area contributed by atoms with E-state index in [9.17, 15) is 0 Å². The van der Waals surface area contributed by atoms with Crippen LogP contribution in [0.4, 0.5) is 5.69 Å². The molecule has 3 nitrogen and oxygen atoms in total. The molecule has 0 saturated carbocycles. The fraction of sp³-hybridized carbons (Fsp3) is 0.133. The third kappa shape index (κ3) is 2.44. The molecule has 0 aliphatic heterocycles. The monoisotopic (exact) mass is 238 g/mol. The van der Waals surface area contributed by atoms with Gasteiger partial charge in [0.15, 0.2) is 5.75 Å². The minimum Gasteiger partial charge on any atom is -0.455 e. The maximum atomic E-state index is 9.02. The molecule has 2 rings (SSSR count). The van der Waals surface area contributed by atoms with Crippen LogP contribution in [0.5, 0.6) is 11.5 Å². The molecule has 2 aromatic carbocycles. The molecular weight excluding hydrogens is 224 g/mol. The lowest BCUT2D eigenvalue weighted by atomic mass is 10.0. The number of hydrogen-bond acceptors (Lipinski definition) is 3. The number of nitriles is 1. The van der Waals surface area contributed by atoms with Crippen molar-refractivity contribution in [1.29, 1.82) is 5.26 Å². The van der Waals surface area contributed by atoms with Gasteiger partial charge in [0.05, 0.1) is 17.7 Å². The van der Waals surface area contributed by atoms with Crippen molar-refractivity contribution in [3.8, 4) is 17.6 Å². The van der Waals surface area contributed by atoms with E-state index in [-0.39, 0.29) is 5.92 Å². The van der Waals surface area contributed by atoms with Gasteiger partial charge in [-0.15, -0.1) is 0 Å². The van der Waals surface area contributed by atoms with Gasteiger partial charge in [-0.2, -0.15) is 5.26 Å². The van der Waals surface area contributed by atoms with Gasteiger partial charge in [0.25, 0.3) is 0 Å². The van der Waals surface area contributed by atoms with Crippen LogP contribution in [0.1, 0.15) is 18.4 Å². The molecule has 0 fully saturated rings. The van der Waals surface area contributed by atoms with Crippen molar-refractivity contribution < 1.29 is 4.74 Å². The van der Waals surface area contributed by atoms with Crippen LogP contribution in [0.15, 0.2) is 48.5 Å². The summed E-state index contributed by atoms with van der Waals surface area (Å²) in [6.07, 6.45) is 0. The first-order valence-electron chi connectivity index (χ1n) is 5.73. The van der Waals surface area contributed by atoms with Crippen LogP contribution in [0.25, 0.3) is 0 Å². The lowest BCUT2D eigenvalue weighted by Gasteiger charge is -2.14. The zero-order chi connectivity index (χ0) is 13.0. The molecule has 0 bridgehead atoms. The summed E-state index contributed by atoms with van der Waals surface area (Å²) in [5.41, 5.74) is 7.27. The molecular formula is C15H14N2O. The average molecular weight is 238 g/mol. The van der Waals surface area contributed by atoms with Gasteiger partial charge < -0.3 is 10.5 Å². The molecule has 1 unspecified atom stereocenters. The predicted octanol–water partition coefficient (Wildman–Crippen LogP) is 3.69. The van der Waals surface area contributed by atoms with Gasteiger partial charge in [-0.25, -0.2) is 0 Å². The van der Waals surface area contributed by atoms with Gasteiger partial charge in [0.1, 0.15) is 5.75 Å². The maximum Gasteiger partial charge on any atom is 0.154 e. The molecule has 0 heterocycles. The fourth-order valence-electron chi connectivity index (χ4n) is 1.71. The molecule has 18 heavy (non-hydrogen) atoms. The second-order valence-corrected chi connectivity index (χ2v) is 4.03. The molecule has 0 aliphatic rings. The van der Waals surface area contributed by atoms with Crippen molar-refractivity contribution in [3.63, 3.8) is 0 Å². The van der Waals surface area contributed by atoms with Gasteiger partial charge >= 0.3 is 0 Å². The Morgan fingerprint density at radius 3 is 2.50 bits per heavy atom. The van der Waals surface area contributed by atoms with Crippen LogP contribution in [0.2, 0.25) is 0 Å². The van der Waals surface area contributed by atoms with E-state index >= 15 is 0 Å². The van der Waals surface area contributed by atoms with E-state index in [1.807, 2.05) is 49.4 Å². The summed E-state index contributed by atoms with van der Waals surface area (Å²) in [6, 6.07) is 17.1. The number of nitrogens with two attached hydrogens (primary N) is 1. The lowest BCUT2D eigenvalue weighted by Crippen LogP contribution is -1.99.